The Hall–Kier alpha value is -2.20. The van der Waals surface area contributed by atoms with Gasteiger partial charge in [-0.25, -0.2) is 8.42 Å². The number of carbonyl (C=O) groups excluding carboxylic acids is 1. The van der Waals surface area contributed by atoms with Crippen LogP contribution in [0.2, 0.25) is 0 Å². The second-order valence-electron chi connectivity index (χ2n) is 8.65. The van der Waals surface area contributed by atoms with Crippen LogP contribution in [-0.2, 0) is 21.0 Å². The Labute approximate surface area is 185 Å². The van der Waals surface area contributed by atoms with E-state index in [1.807, 2.05) is 0 Å². The molecule has 1 saturated carbocycles. The lowest BCUT2D eigenvalue weighted by Gasteiger charge is -2.34. The maximum absolute atomic E-state index is 13.2. The van der Waals surface area contributed by atoms with Crippen LogP contribution < -0.4 is 5.32 Å². The number of amidine groups is 1. The summed E-state index contributed by atoms with van der Waals surface area (Å²) in [7, 11) is -3.94. The van der Waals surface area contributed by atoms with Gasteiger partial charge in [-0.3, -0.25) is 9.79 Å². The van der Waals surface area contributed by atoms with Gasteiger partial charge in [0.25, 0.3) is 5.91 Å². The van der Waals surface area contributed by atoms with Crippen molar-refractivity contribution in [2.75, 3.05) is 13.1 Å². The number of halogens is 3. The third kappa shape index (κ3) is 4.61. The number of piperidine rings is 1. The summed E-state index contributed by atoms with van der Waals surface area (Å²) in [5.41, 5.74) is -2.05. The maximum Gasteiger partial charge on any atom is 0.416 e. The number of nitrogens with one attached hydrogen (secondary N) is 1. The van der Waals surface area contributed by atoms with Crippen LogP contribution in [0.5, 0.6) is 0 Å². The van der Waals surface area contributed by atoms with Gasteiger partial charge in [0.2, 0.25) is 10.0 Å². The lowest BCUT2D eigenvalue weighted by molar-refractivity contribution is -0.137. The van der Waals surface area contributed by atoms with Crippen LogP contribution in [-0.4, -0.2) is 43.1 Å². The monoisotopic (exact) mass is 469 g/mol. The summed E-state index contributed by atoms with van der Waals surface area (Å²) in [5, 5.41) is 3.73. The second-order valence-corrected chi connectivity index (χ2v) is 10.5. The second kappa shape index (κ2) is 8.62. The van der Waals surface area contributed by atoms with Crippen LogP contribution in [0.15, 0.2) is 34.7 Å². The average molecular weight is 470 g/mol. The molecule has 2 fully saturated rings. The fourth-order valence-corrected chi connectivity index (χ4v) is 5.89. The number of hydrogen-bond acceptors (Lipinski definition) is 4. The summed E-state index contributed by atoms with van der Waals surface area (Å²) < 4.78 is 66.1. The fraction of sp³-hybridized carbons (Fsp3) is 0.545. The van der Waals surface area contributed by atoms with E-state index in [-0.39, 0.29) is 43.3 Å². The van der Waals surface area contributed by atoms with Crippen LogP contribution in [0.3, 0.4) is 0 Å². The molecule has 1 N–H and O–H groups in total. The van der Waals surface area contributed by atoms with Crippen molar-refractivity contribution in [3.05, 3.63) is 40.8 Å². The van der Waals surface area contributed by atoms with Crippen molar-refractivity contribution >= 4 is 27.8 Å². The van der Waals surface area contributed by atoms with Crippen molar-refractivity contribution in [1.29, 1.82) is 0 Å². The predicted molar refractivity (Wildman–Crippen MR) is 115 cm³/mol. The highest BCUT2D eigenvalue weighted by atomic mass is 32.2. The summed E-state index contributed by atoms with van der Waals surface area (Å²) >= 11 is 0. The number of aliphatic imine (C=N–C) groups is 1. The summed E-state index contributed by atoms with van der Waals surface area (Å²) in [4.78, 5) is 17.4. The predicted octanol–water partition coefficient (Wildman–Crippen LogP) is 3.95. The van der Waals surface area contributed by atoms with Gasteiger partial charge < -0.3 is 5.32 Å². The number of nitrogens with zero attached hydrogens (tertiary/aromatic N) is 2. The van der Waals surface area contributed by atoms with Gasteiger partial charge in [0.05, 0.1) is 5.56 Å². The van der Waals surface area contributed by atoms with Gasteiger partial charge in [0.15, 0.2) is 0 Å². The van der Waals surface area contributed by atoms with Crippen LogP contribution in [0.25, 0.3) is 6.08 Å². The van der Waals surface area contributed by atoms with Crippen LogP contribution in [0.1, 0.15) is 56.1 Å². The van der Waals surface area contributed by atoms with Gasteiger partial charge in [-0.2, -0.15) is 17.5 Å². The van der Waals surface area contributed by atoms with Gasteiger partial charge in [-0.1, -0.05) is 37.5 Å². The number of benzene rings is 1. The number of amides is 1. The van der Waals surface area contributed by atoms with E-state index >= 15 is 0 Å². The van der Waals surface area contributed by atoms with E-state index in [4.69, 9.17) is 4.99 Å². The Morgan fingerprint density at radius 3 is 2.41 bits per heavy atom. The van der Waals surface area contributed by atoms with Gasteiger partial charge >= 0.3 is 6.18 Å². The Morgan fingerprint density at radius 1 is 1.09 bits per heavy atom. The third-order valence-corrected chi connectivity index (χ3v) is 8.15. The minimum absolute atomic E-state index is 0.0858. The van der Waals surface area contributed by atoms with E-state index < -0.39 is 27.3 Å². The average Bonchev–Trinajstić information content (AvgIpc) is 3.08. The molecule has 0 atom stereocenters. The Balaban J connectivity index is 1.45. The smallest absolute Gasteiger partial charge is 0.312 e. The lowest BCUT2D eigenvalue weighted by Crippen LogP contribution is -2.50. The highest BCUT2D eigenvalue weighted by Crippen LogP contribution is 2.35. The number of sulfonamides is 1. The molecule has 0 unspecified atom stereocenters. The number of hydrogen-bond donors (Lipinski definition) is 1. The highest BCUT2D eigenvalue weighted by Gasteiger charge is 2.48. The summed E-state index contributed by atoms with van der Waals surface area (Å²) in [5.74, 6) is 0.810. The third-order valence-electron chi connectivity index (χ3n) is 6.59. The Kier molecular flexibility index (Phi) is 6.19. The van der Waals surface area contributed by atoms with E-state index in [1.54, 1.807) is 0 Å². The molecule has 2 aliphatic heterocycles. The van der Waals surface area contributed by atoms with Crippen molar-refractivity contribution in [3.63, 3.8) is 0 Å². The van der Waals surface area contributed by atoms with E-state index in [0.29, 0.717) is 0 Å². The summed E-state index contributed by atoms with van der Waals surface area (Å²) in [6.07, 6.45) is 2.32. The first-order valence-electron chi connectivity index (χ1n) is 10.9. The first-order valence-corrected chi connectivity index (χ1v) is 12.4. The van der Waals surface area contributed by atoms with Crippen LogP contribution >= 0.6 is 0 Å². The van der Waals surface area contributed by atoms with Gasteiger partial charge in [-0.15, -0.1) is 0 Å². The number of rotatable bonds is 4. The zero-order valence-electron chi connectivity index (χ0n) is 17.6. The normalized spacial score (nSPS) is 23.0. The molecule has 1 saturated heterocycles. The molecule has 2 heterocycles. The lowest BCUT2D eigenvalue weighted by atomic mass is 9.88. The largest absolute Gasteiger partial charge is 0.416 e. The van der Waals surface area contributed by atoms with E-state index in [1.165, 1.54) is 28.9 Å². The molecule has 1 spiro atoms. The first kappa shape index (κ1) is 23.0. The molecule has 174 valence electrons. The molecule has 32 heavy (non-hydrogen) atoms. The molecule has 1 aliphatic carbocycles. The molecule has 0 radical (unpaired) electrons. The standard InChI is InChI=1S/C22H26F3N3O3S/c23-22(24,25)18-9-5-4-6-16(18)10-15-32(30,31)28-13-11-21(12-14-28)20(29)26-19(27-21)17-7-2-1-3-8-17/h4-6,9-10,15,17H,1-3,7-8,11-14H2,(H,26,27,29)/b15-10+. The van der Waals surface area contributed by atoms with Gasteiger partial charge in [-0.05, 0) is 43.4 Å². The maximum atomic E-state index is 13.2. The van der Waals surface area contributed by atoms with Crippen molar-refractivity contribution in [2.45, 2.75) is 56.7 Å². The van der Waals surface area contributed by atoms with E-state index in [0.717, 1.165) is 49.1 Å². The zero-order chi connectivity index (χ0) is 23.0. The Bertz CT molecular complexity index is 1040. The molecule has 0 bridgehead atoms. The minimum Gasteiger partial charge on any atom is -0.312 e. The fourth-order valence-electron chi connectivity index (χ4n) is 4.71. The first-order chi connectivity index (χ1) is 15.1. The van der Waals surface area contributed by atoms with Gasteiger partial charge in [0.1, 0.15) is 11.4 Å². The quantitative estimate of drug-likeness (QED) is 0.725. The van der Waals surface area contributed by atoms with Crippen molar-refractivity contribution in [3.8, 4) is 0 Å². The van der Waals surface area contributed by atoms with E-state index in [9.17, 15) is 26.4 Å². The highest BCUT2D eigenvalue weighted by molar-refractivity contribution is 7.92. The SMILES string of the molecule is O=C1NC(C2CCCCC2)=NC12CCN(S(=O)(=O)/C=C/c1ccccc1C(F)(F)F)CC2. The molecule has 1 aromatic carbocycles. The van der Waals surface area contributed by atoms with E-state index in [2.05, 4.69) is 5.32 Å². The summed E-state index contributed by atoms with van der Waals surface area (Å²) in [6, 6.07) is 4.82. The molecule has 3 aliphatic rings. The zero-order valence-corrected chi connectivity index (χ0v) is 18.4. The summed E-state index contributed by atoms with van der Waals surface area (Å²) in [6.45, 7) is 0.172. The molecular formula is C22H26F3N3O3S. The van der Waals surface area contributed by atoms with Crippen molar-refractivity contribution < 1.29 is 26.4 Å². The molecule has 4 rings (SSSR count). The molecule has 1 amide bonds. The molecule has 1 aromatic rings. The molecule has 0 aromatic heterocycles. The van der Waals surface area contributed by atoms with Crippen molar-refractivity contribution in [2.24, 2.45) is 10.9 Å². The molecular weight excluding hydrogens is 443 g/mol. The van der Waals surface area contributed by atoms with Crippen LogP contribution in [0.4, 0.5) is 13.2 Å². The topological polar surface area (TPSA) is 78.8 Å². The van der Waals surface area contributed by atoms with Crippen LogP contribution in [0, 0.1) is 5.92 Å². The molecule has 6 nitrogen and oxygen atoms in total. The minimum atomic E-state index is -4.58. The molecule has 10 heteroatoms. The van der Waals surface area contributed by atoms with Crippen molar-refractivity contribution in [1.82, 2.24) is 9.62 Å². The Morgan fingerprint density at radius 2 is 1.75 bits per heavy atom. The number of carbonyl (C=O) groups is 1. The number of alkyl halides is 3. The van der Waals surface area contributed by atoms with Gasteiger partial charge in [0, 0.05) is 24.4 Å².